The molecule has 1 atom stereocenters. The van der Waals surface area contributed by atoms with Crippen LogP contribution in [-0.2, 0) is 14.6 Å². The fourth-order valence-corrected chi connectivity index (χ4v) is 2.97. The maximum Gasteiger partial charge on any atom is 0.323 e. The highest BCUT2D eigenvalue weighted by atomic mass is 32.2. The molecule has 86 valence electrons. The van der Waals surface area contributed by atoms with Crippen LogP contribution in [0.4, 0.5) is 4.79 Å². The minimum absolute atomic E-state index is 0.0663. The van der Waals surface area contributed by atoms with Crippen molar-refractivity contribution in [2.75, 3.05) is 12.3 Å². The number of hydrogen-bond acceptors (Lipinski definition) is 4. The van der Waals surface area contributed by atoms with Crippen molar-refractivity contribution < 1.29 is 23.1 Å². The lowest BCUT2D eigenvalue weighted by molar-refractivity contribution is -0.135. The van der Waals surface area contributed by atoms with Gasteiger partial charge in [-0.1, -0.05) is 0 Å². The molecule has 2 amide bonds. The lowest BCUT2D eigenvalue weighted by Crippen LogP contribution is -2.45. The van der Waals surface area contributed by atoms with Crippen LogP contribution in [0.1, 0.15) is 12.8 Å². The van der Waals surface area contributed by atoms with Gasteiger partial charge in [0.05, 0.1) is 5.75 Å². The highest BCUT2D eigenvalue weighted by molar-refractivity contribution is 7.92. The third kappa shape index (κ3) is 3.39. The molecule has 1 unspecified atom stereocenters. The molecule has 0 aromatic rings. The van der Waals surface area contributed by atoms with Crippen molar-refractivity contribution in [3.63, 3.8) is 0 Å². The van der Waals surface area contributed by atoms with Gasteiger partial charge in [-0.05, 0) is 12.8 Å². The van der Waals surface area contributed by atoms with Crippen LogP contribution >= 0.6 is 0 Å². The summed E-state index contributed by atoms with van der Waals surface area (Å²) in [5.41, 5.74) is 0. The Morgan fingerprint density at radius 3 is 2.53 bits per heavy atom. The number of sulfone groups is 1. The van der Waals surface area contributed by atoms with Crippen LogP contribution in [0.15, 0.2) is 0 Å². The fraction of sp³-hybridized carbons (Fsp3) is 0.714. The second-order valence-electron chi connectivity index (χ2n) is 3.22. The molecule has 7 nitrogen and oxygen atoms in total. The second-order valence-corrected chi connectivity index (χ2v) is 5.52. The van der Waals surface area contributed by atoms with Crippen LogP contribution in [0.2, 0.25) is 0 Å². The second kappa shape index (κ2) is 4.47. The van der Waals surface area contributed by atoms with Gasteiger partial charge in [0.15, 0.2) is 9.84 Å². The highest BCUT2D eigenvalue weighted by Gasteiger charge is 2.32. The summed E-state index contributed by atoms with van der Waals surface area (Å²) in [6.45, 7) is -0.529. The first kappa shape index (κ1) is 11.8. The van der Waals surface area contributed by atoms with Gasteiger partial charge in [-0.15, -0.1) is 0 Å². The van der Waals surface area contributed by atoms with E-state index in [1.807, 2.05) is 5.32 Å². The zero-order valence-corrected chi connectivity index (χ0v) is 8.71. The first-order chi connectivity index (χ1) is 6.92. The van der Waals surface area contributed by atoms with Gasteiger partial charge in [0.1, 0.15) is 11.9 Å². The monoisotopic (exact) mass is 236 g/mol. The first-order valence-electron chi connectivity index (χ1n) is 4.39. The number of nitrogens with one attached hydrogen (secondary N) is 2. The summed E-state index contributed by atoms with van der Waals surface area (Å²) in [6, 6.07) is -0.770. The van der Waals surface area contributed by atoms with Gasteiger partial charge in [0.2, 0.25) is 0 Å². The SMILES string of the molecule is O=C(O)CNC(=O)NC1CCCS1(=O)=O. The number of amides is 2. The van der Waals surface area contributed by atoms with Crippen molar-refractivity contribution in [3.05, 3.63) is 0 Å². The summed E-state index contributed by atoms with van der Waals surface area (Å²) in [7, 11) is -3.24. The Kier molecular flexibility index (Phi) is 3.51. The molecule has 0 aliphatic carbocycles. The van der Waals surface area contributed by atoms with E-state index in [0.717, 1.165) is 0 Å². The van der Waals surface area contributed by atoms with Crippen LogP contribution < -0.4 is 10.6 Å². The topological polar surface area (TPSA) is 113 Å². The molecule has 1 aliphatic heterocycles. The number of carbonyl (C=O) groups is 2. The Bertz CT molecular complexity index is 364. The first-order valence-corrected chi connectivity index (χ1v) is 6.11. The number of aliphatic carboxylic acids is 1. The Morgan fingerprint density at radius 2 is 2.07 bits per heavy atom. The van der Waals surface area contributed by atoms with E-state index in [9.17, 15) is 18.0 Å². The van der Waals surface area contributed by atoms with Gasteiger partial charge in [0, 0.05) is 0 Å². The Hall–Kier alpha value is -1.31. The molecule has 8 heteroatoms. The predicted molar refractivity (Wildman–Crippen MR) is 51.0 cm³/mol. The minimum atomic E-state index is -3.24. The van der Waals surface area contributed by atoms with Crippen molar-refractivity contribution in [3.8, 4) is 0 Å². The molecule has 15 heavy (non-hydrogen) atoms. The number of carbonyl (C=O) groups excluding carboxylic acids is 1. The van der Waals surface area contributed by atoms with Crippen LogP contribution in [0.3, 0.4) is 0 Å². The van der Waals surface area contributed by atoms with Crippen molar-refractivity contribution in [2.24, 2.45) is 0 Å². The summed E-state index contributed by atoms with van der Waals surface area (Å²) in [5, 5.41) is 11.6. The summed E-state index contributed by atoms with van der Waals surface area (Å²) in [5.74, 6) is -1.11. The van der Waals surface area contributed by atoms with Gasteiger partial charge >= 0.3 is 12.0 Å². The Morgan fingerprint density at radius 1 is 1.40 bits per heavy atom. The van der Waals surface area contributed by atoms with Gasteiger partial charge in [-0.2, -0.15) is 0 Å². The van der Waals surface area contributed by atoms with E-state index < -0.39 is 33.8 Å². The lowest BCUT2D eigenvalue weighted by Gasteiger charge is -2.11. The predicted octanol–water partition coefficient (Wildman–Crippen LogP) is -1.10. The van der Waals surface area contributed by atoms with Crippen molar-refractivity contribution in [1.82, 2.24) is 10.6 Å². The van der Waals surface area contributed by atoms with Crippen LogP contribution in [-0.4, -0.2) is 43.2 Å². The molecule has 1 heterocycles. The molecule has 0 saturated carbocycles. The van der Waals surface area contributed by atoms with E-state index in [4.69, 9.17) is 5.11 Å². The average molecular weight is 236 g/mol. The van der Waals surface area contributed by atoms with Gasteiger partial charge in [0.25, 0.3) is 0 Å². The number of carboxylic acids is 1. The molecule has 1 fully saturated rings. The largest absolute Gasteiger partial charge is 0.480 e. The van der Waals surface area contributed by atoms with Gasteiger partial charge < -0.3 is 15.7 Å². The molecule has 0 bridgehead atoms. The van der Waals surface area contributed by atoms with E-state index in [-0.39, 0.29) is 5.75 Å². The standard InChI is InChI=1S/C7H12N2O5S/c10-6(11)4-8-7(12)9-5-2-1-3-15(5,13)14/h5H,1-4H2,(H,10,11)(H2,8,9,12). The van der Waals surface area contributed by atoms with Gasteiger partial charge in [-0.25, -0.2) is 13.2 Å². The minimum Gasteiger partial charge on any atom is -0.480 e. The normalized spacial score (nSPS) is 23.3. The molecule has 1 saturated heterocycles. The molecule has 0 aromatic heterocycles. The van der Waals surface area contributed by atoms with Crippen molar-refractivity contribution >= 4 is 21.8 Å². The number of hydrogen-bond donors (Lipinski definition) is 3. The van der Waals surface area contributed by atoms with Crippen molar-refractivity contribution in [2.45, 2.75) is 18.2 Å². The zero-order valence-electron chi connectivity index (χ0n) is 7.89. The zero-order chi connectivity index (χ0) is 11.5. The van der Waals surface area contributed by atoms with E-state index in [0.29, 0.717) is 12.8 Å². The Balaban J connectivity index is 2.42. The number of carboxylic acid groups (broad SMARTS) is 1. The Labute approximate surface area is 86.8 Å². The molecule has 3 N–H and O–H groups in total. The molecule has 0 spiro atoms. The summed E-state index contributed by atoms with van der Waals surface area (Å²) >= 11 is 0. The highest BCUT2D eigenvalue weighted by Crippen LogP contribution is 2.17. The summed E-state index contributed by atoms with van der Waals surface area (Å²) in [4.78, 5) is 21.1. The number of urea groups is 1. The van der Waals surface area contributed by atoms with Gasteiger partial charge in [-0.3, -0.25) is 4.79 Å². The molecular weight excluding hydrogens is 224 g/mol. The maximum absolute atomic E-state index is 11.3. The van der Waals surface area contributed by atoms with E-state index >= 15 is 0 Å². The molecule has 1 aliphatic rings. The lowest BCUT2D eigenvalue weighted by atomic mass is 10.3. The molecule has 0 radical (unpaired) electrons. The van der Waals surface area contributed by atoms with Crippen LogP contribution in [0.5, 0.6) is 0 Å². The quantitative estimate of drug-likeness (QED) is 0.576. The van der Waals surface area contributed by atoms with Crippen LogP contribution in [0, 0.1) is 0 Å². The van der Waals surface area contributed by atoms with Crippen molar-refractivity contribution in [1.29, 1.82) is 0 Å². The molecule has 1 rings (SSSR count). The van der Waals surface area contributed by atoms with E-state index in [1.165, 1.54) is 0 Å². The third-order valence-corrected chi connectivity index (χ3v) is 4.10. The van der Waals surface area contributed by atoms with Crippen LogP contribution in [0.25, 0.3) is 0 Å². The summed E-state index contributed by atoms with van der Waals surface area (Å²) < 4.78 is 22.6. The average Bonchev–Trinajstić information content (AvgIpc) is 2.43. The smallest absolute Gasteiger partial charge is 0.323 e. The van der Waals surface area contributed by atoms with E-state index in [2.05, 4.69) is 5.32 Å². The summed E-state index contributed by atoms with van der Waals surface area (Å²) in [6.07, 6.45) is 0.898. The third-order valence-electron chi connectivity index (χ3n) is 2.02. The molecule has 0 aromatic carbocycles. The van der Waals surface area contributed by atoms with E-state index in [1.54, 1.807) is 0 Å². The number of rotatable bonds is 3. The fourth-order valence-electron chi connectivity index (χ4n) is 1.31. The maximum atomic E-state index is 11.3. The molecular formula is C7H12N2O5S.